The fourth-order valence-corrected chi connectivity index (χ4v) is 3.05. The van der Waals surface area contributed by atoms with Crippen LogP contribution in [-0.4, -0.2) is 24.3 Å². The standard InChI is InChI=1S/C16H15F4NO4/c17-14(18)24-11-2-1-10(7-12(11)25-15(19)20)16(13(22)23)5-3-9(8-21)4-6-16/h1-2,7,9,14-15H,3-6H2,(H,22,23). The topological polar surface area (TPSA) is 79.6 Å². The molecule has 0 atom stereocenters. The maximum Gasteiger partial charge on any atom is 0.387 e. The summed E-state index contributed by atoms with van der Waals surface area (Å²) >= 11 is 0. The van der Waals surface area contributed by atoms with Gasteiger partial charge in [0.25, 0.3) is 0 Å². The zero-order valence-electron chi connectivity index (χ0n) is 12.9. The second kappa shape index (κ2) is 7.59. The monoisotopic (exact) mass is 361 g/mol. The number of hydrogen-bond donors (Lipinski definition) is 1. The molecule has 25 heavy (non-hydrogen) atoms. The molecule has 0 radical (unpaired) electrons. The van der Waals surface area contributed by atoms with E-state index in [9.17, 15) is 27.5 Å². The molecule has 1 aromatic carbocycles. The number of rotatable bonds is 6. The lowest BCUT2D eigenvalue weighted by Crippen LogP contribution is -2.39. The lowest BCUT2D eigenvalue weighted by Gasteiger charge is -2.35. The summed E-state index contributed by atoms with van der Waals surface area (Å²) in [7, 11) is 0. The highest BCUT2D eigenvalue weighted by atomic mass is 19.3. The number of benzene rings is 1. The molecule has 2 rings (SSSR count). The Labute approximate surface area is 140 Å². The van der Waals surface area contributed by atoms with Gasteiger partial charge in [0.1, 0.15) is 0 Å². The van der Waals surface area contributed by atoms with Crippen LogP contribution in [0.4, 0.5) is 17.6 Å². The smallest absolute Gasteiger partial charge is 0.387 e. The van der Waals surface area contributed by atoms with Crippen LogP contribution in [0.3, 0.4) is 0 Å². The van der Waals surface area contributed by atoms with E-state index in [1.807, 2.05) is 0 Å². The van der Waals surface area contributed by atoms with Crippen LogP contribution in [0.2, 0.25) is 0 Å². The largest absolute Gasteiger partial charge is 0.481 e. The number of halogens is 4. The highest BCUT2D eigenvalue weighted by Gasteiger charge is 2.44. The molecule has 0 aromatic heterocycles. The van der Waals surface area contributed by atoms with E-state index in [1.165, 1.54) is 6.07 Å². The van der Waals surface area contributed by atoms with Gasteiger partial charge in [0.05, 0.1) is 11.5 Å². The van der Waals surface area contributed by atoms with E-state index in [1.54, 1.807) is 0 Å². The lowest BCUT2D eigenvalue weighted by atomic mass is 9.67. The number of carbonyl (C=O) groups is 1. The fraction of sp³-hybridized carbons (Fsp3) is 0.500. The summed E-state index contributed by atoms with van der Waals surface area (Å²) in [6.45, 7) is -6.53. The average Bonchev–Trinajstić information content (AvgIpc) is 2.55. The van der Waals surface area contributed by atoms with Gasteiger partial charge in [0, 0.05) is 5.92 Å². The molecule has 136 valence electrons. The van der Waals surface area contributed by atoms with Crippen LogP contribution in [0.25, 0.3) is 0 Å². The number of carboxylic acids is 1. The number of nitriles is 1. The summed E-state index contributed by atoms with van der Waals surface area (Å²) in [4.78, 5) is 11.8. The first-order chi connectivity index (χ1) is 11.8. The Balaban J connectivity index is 2.42. The van der Waals surface area contributed by atoms with Crippen LogP contribution in [-0.2, 0) is 10.2 Å². The number of carboxylic acid groups (broad SMARTS) is 1. The summed E-state index contributed by atoms with van der Waals surface area (Å²) in [5.74, 6) is -2.71. The SMILES string of the molecule is N#CC1CCC(C(=O)O)(c2ccc(OC(F)F)c(OC(F)F)c2)CC1. The van der Waals surface area contributed by atoms with Crippen LogP contribution >= 0.6 is 0 Å². The van der Waals surface area contributed by atoms with Crippen molar-refractivity contribution in [2.45, 2.75) is 44.3 Å². The van der Waals surface area contributed by atoms with Gasteiger partial charge in [-0.2, -0.15) is 22.8 Å². The van der Waals surface area contributed by atoms with Gasteiger partial charge in [-0.05, 0) is 43.4 Å². The molecule has 1 fully saturated rings. The number of ether oxygens (including phenoxy) is 2. The molecular weight excluding hydrogens is 346 g/mol. The molecule has 5 nitrogen and oxygen atoms in total. The Morgan fingerprint density at radius 2 is 1.72 bits per heavy atom. The summed E-state index contributed by atoms with van der Waals surface area (Å²) in [6.07, 6.45) is 0.930. The predicted octanol–water partition coefficient (Wildman–Crippen LogP) is 3.93. The van der Waals surface area contributed by atoms with Gasteiger partial charge in [-0.25, -0.2) is 0 Å². The van der Waals surface area contributed by atoms with E-state index < -0.39 is 36.1 Å². The van der Waals surface area contributed by atoms with Crippen molar-refractivity contribution in [1.82, 2.24) is 0 Å². The molecule has 0 amide bonds. The van der Waals surface area contributed by atoms with Crippen LogP contribution in [0.1, 0.15) is 31.2 Å². The van der Waals surface area contributed by atoms with Gasteiger partial charge in [0.15, 0.2) is 11.5 Å². The Kier molecular flexibility index (Phi) is 5.72. The number of nitrogens with zero attached hydrogens (tertiary/aromatic N) is 1. The molecule has 1 aliphatic rings. The van der Waals surface area contributed by atoms with Crippen molar-refractivity contribution < 1.29 is 36.9 Å². The number of hydrogen-bond acceptors (Lipinski definition) is 4. The third-order valence-electron chi connectivity index (χ3n) is 4.36. The molecule has 9 heteroatoms. The third kappa shape index (κ3) is 4.13. The normalized spacial score (nSPS) is 23.3. The first-order valence-electron chi connectivity index (χ1n) is 7.45. The van der Waals surface area contributed by atoms with Crippen molar-refractivity contribution in [2.24, 2.45) is 5.92 Å². The second-order valence-electron chi connectivity index (χ2n) is 5.71. The zero-order chi connectivity index (χ0) is 18.6. The second-order valence-corrected chi connectivity index (χ2v) is 5.71. The van der Waals surface area contributed by atoms with Gasteiger partial charge >= 0.3 is 19.2 Å². The number of aliphatic carboxylic acids is 1. The van der Waals surface area contributed by atoms with Crippen LogP contribution in [0, 0.1) is 17.2 Å². The highest BCUT2D eigenvalue weighted by molar-refractivity contribution is 5.82. The van der Waals surface area contributed by atoms with Gasteiger partial charge in [-0.3, -0.25) is 4.79 Å². The molecule has 0 bridgehead atoms. The minimum Gasteiger partial charge on any atom is -0.481 e. The van der Waals surface area contributed by atoms with E-state index in [0.717, 1.165) is 12.1 Å². The summed E-state index contributed by atoms with van der Waals surface area (Å²) in [5, 5.41) is 18.6. The summed E-state index contributed by atoms with van der Waals surface area (Å²) in [5.41, 5.74) is -1.25. The molecule has 1 N–H and O–H groups in total. The first-order valence-corrected chi connectivity index (χ1v) is 7.45. The van der Waals surface area contributed by atoms with Crippen molar-refractivity contribution in [3.8, 4) is 17.6 Å². The van der Waals surface area contributed by atoms with Crippen LogP contribution < -0.4 is 9.47 Å². The fourth-order valence-electron chi connectivity index (χ4n) is 3.05. The van der Waals surface area contributed by atoms with E-state index in [0.29, 0.717) is 12.8 Å². The Morgan fingerprint density at radius 1 is 1.16 bits per heavy atom. The molecule has 0 unspecified atom stereocenters. The minimum atomic E-state index is -3.29. The minimum absolute atomic E-state index is 0.129. The van der Waals surface area contributed by atoms with Crippen LogP contribution in [0.5, 0.6) is 11.5 Å². The molecule has 0 saturated heterocycles. The van der Waals surface area contributed by atoms with Gasteiger partial charge in [-0.1, -0.05) is 6.07 Å². The van der Waals surface area contributed by atoms with Gasteiger partial charge in [0.2, 0.25) is 0 Å². The maximum atomic E-state index is 12.5. The Bertz CT molecular complexity index is 667. The molecule has 1 aromatic rings. The van der Waals surface area contributed by atoms with E-state index >= 15 is 0 Å². The van der Waals surface area contributed by atoms with E-state index in [-0.39, 0.29) is 24.3 Å². The molecule has 0 aliphatic heterocycles. The molecular formula is C16H15F4NO4. The number of alkyl halides is 4. The van der Waals surface area contributed by atoms with E-state index in [2.05, 4.69) is 15.5 Å². The van der Waals surface area contributed by atoms with Crippen molar-refractivity contribution in [3.63, 3.8) is 0 Å². The first kappa shape index (κ1) is 18.8. The third-order valence-corrected chi connectivity index (χ3v) is 4.36. The molecule has 0 heterocycles. The summed E-state index contributed by atoms with van der Waals surface area (Å²) < 4.78 is 58.2. The Morgan fingerprint density at radius 3 is 2.20 bits per heavy atom. The lowest BCUT2D eigenvalue weighted by molar-refractivity contribution is -0.145. The zero-order valence-corrected chi connectivity index (χ0v) is 12.9. The molecule has 1 saturated carbocycles. The van der Waals surface area contributed by atoms with Crippen molar-refractivity contribution in [2.75, 3.05) is 0 Å². The molecule has 1 aliphatic carbocycles. The van der Waals surface area contributed by atoms with Crippen LogP contribution in [0.15, 0.2) is 18.2 Å². The molecule has 0 spiro atoms. The average molecular weight is 361 g/mol. The Hall–Kier alpha value is -2.50. The predicted molar refractivity (Wildman–Crippen MR) is 76.6 cm³/mol. The van der Waals surface area contributed by atoms with Crippen molar-refractivity contribution in [1.29, 1.82) is 5.26 Å². The van der Waals surface area contributed by atoms with Crippen molar-refractivity contribution >= 4 is 5.97 Å². The maximum absolute atomic E-state index is 12.5. The summed E-state index contributed by atoms with van der Waals surface area (Å²) in [6, 6.07) is 5.30. The van der Waals surface area contributed by atoms with Crippen molar-refractivity contribution in [3.05, 3.63) is 23.8 Å². The van der Waals surface area contributed by atoms with Gasteiger partial charge in [-0.15, -0.1) is 0 Å². The van der Waals surface area contributed by atoms with E-state index in [4.69, 9.17) is 5.26 Å². The van der Waals surface area contributed by atoms with Gasteiger partial charge < -0.3 is 14.6 Å². The highest BCUT2D eigenvalue weighted by Crippen LogP contribution is 2.44. The quantitative estimate of drug-likeness (QED) is 0.777.